The quantitative estimate of drug-likeness (QED) is 0.786. The van der Waals surface area contributed by atoms with Gasteiger partial charge in [-0.25, -0.2) is 0 Å². The first-order valence-electron chi connectivity index (χ1n) is 10.2. The summed E-state index contributed by atoms with van der Waals surface area (Å²) in [7, 11) is 0. The number of nitrogens with zero attached hydrogens (tertiary/aromatic N) is 1. The van der Waals surface area contributed by atoms with Crippen molar-refractivity contribution in [2.75, 3.05) is 10.2 Å². The van der Waals surface area contributed by atoms with Crippen molar-refractivity contribution < 1.29 is 14.4 Å². The van der Waals surface area contributed by atoms with Crippen molar-refractivity contribution in [2.45, 2.75) is 40.0 Å². The second-order valence-corrected chi connectivity index (χ2v) is 8.52. The van der Waals surface area contributed by atoms with Gasteiger partial charge in [0.2, 0.25) is 11.8 Å². The first-order chi connectivity index (χ1) is 13.8. The molecule has 3 atom stereocenters. The predicted molar refractivity (Wildman–Crippen MR) is 113 cm³/mol. The SMILES string of the molecule is Cc1cc(C)cc(NC(=O)c2ccc(N3C(=O)[C@H]4CC[C@@H](C)C[C@@H]4C3=O)cc2)c1. The lowest BCUT2D eigenvalue weighted by molar-refractivity contribution is -0.122. The number of carbonyl (C=O) groups is 3. The Morgan fingerprint density at radius 1 is 0.931 bits per heavy atom. The summed E-state index contributed by atoms with van der Waals surface area (Å²) < 4.78 is 0. The standard InChI is InChI=1S/C24H26N2O3/c1-14-4-9-20-21(13-14)24(29)26(23(20)28)19-7-5-17(6-8-19)22(27)25-18-11-15(2)10-16(3)12-18/h5-8,10-12,14,20-21H,4,9,13H2,1-3H3,(H,25,27)/t14-,20+,21+/m1/s1. The molecule has 0 bridgehead atoms. The molecule has 5 heteroatoms. The van der Waals surface area contributed by atoms with E-state index in [2.05, 4.69) is 12.2 Å². The number of nitrogens with one attached hydrogen (secondary N) is 1. The van der Waals surface area contributed by atoms with Gasteiger partial charge in [0.05, 0.1) is 17.5 Å². The Bertz CT molecular complexity index is 960. The molecule has 0 radical (unpaired) electrons. The van der Waals surface area contributed by atoms with Gasteiger partial charge in [0, 0.05) is 11.3 Å². The van der Waals surface area contributed by atoms with Crippen LogP contribution in [0.15, 0.2) is 42.5 Å². The molecule has 150 valence electrons. The van der Waals surface area contributed by atoms with E-state index in [0.717, 1.165) is 36.1 Å². The van der Waals surface area contributed by atoms with Gasteiger partial charge in [-0.2, -0.15) is 0 Å². The van der Waals surface area contributed by atoms with Crippen molar-refractivity contribution in [3.05, 3.63) is 59.2 Å². The van der Waals surface area contributed by atoms with Crippen LogP contribution in [0, 0.1) is 31.6 Å². The number of aryl methyl sites for hydroxylation is 2. The lowest BCUT2D eigenvalue weighted by Crippen LogP contribution is -2.30. The van der Waals surface area contributed by atoms with Gasteiger partial charge in [0.25, 0.3) is 5.91 Å². The molecule has 29 heavy (non-hydrogen) atoms. The highest BCUT2D eigenvalue weighted by molar-refractivity contribution is 6.22. The van der Waals surface area contributed by atoms with Crippen LogP contribution in [0.4, 0.5) is 11.4 Å². The summed E-state index contributed by atoms with van der Waals surface area (Å²) in [4.78, 5) is 39.6. The van der Waals surface area contributed by atoms with E-state index >= 15 is 0 Å². The number of benzene rings is 2. The van der Waals surface area contributed by atoms with Gasteiger partial charge in [-0.3, -0.25) is 19.3 Å². The number of imide groups is 1. The molecule has 0 spiro atoms. The summed E-state index contributed by atoms with van der Waals surface area (Å²) in [6.07, 6.45) is 2.55. The molecule has 1 aliphatic carbocycles. The van der Waals surface area contributed by atoms with E-state index in [9.17, 15) is 14.4 Å². The maximum Gasteiger partial charge on any atom is 0.255 e. The van der Waals surface area contributed by atoms with E-state index in [0.29, 0.717) is 17.2 Å². The van der Waals surface area contributed by atoms with E-state index in [1.807, 2.05) is 32.0 Å². The third-order valence-corrected chi connectivity index (χ3v) is 6.05. The zero-order chi connectivity index (χ0) is 20.7. The molecule has 4 rings (SSSR count). The summed E-state index contributed by atoms with van der Waals surface area (Å²) in [6, 6.07) is 12.6. The molecule has 1 saturated carbocycles. The molecule has 1 heterocycles. The average Bonchev–Trinajstić information content (AvgIpc) is 2.91. The van der Waals surface area contributed by atoms with Crippen LogP contribution in [-0.2, 0) is 9.59 Å². The number of rotatable bonds is 3. The monoisotopic (exact) mass is 390 g/mol. The highest BCUT2D eigenvalue weighted by Gasteiger charge is 2.49. The average molecular weight is 390 g/mol. The second-order valence-electron chi connectivity index (χ2n) is 8.52. The number of carbonyl (C=O) groups excluding carboxylic acids is 3. The maximum atomic E-state index is 12.8. The molecular weight excluding hydrogens is 364 g/mol. The molecule has 1 N–H and O–H groups in total. The van der Waals surface area contributed by atoms with E-state index < -0.39 is 0 Å². The van der Waals surface area contributed by atoms with Crippen LogP contribution in [0.25, 0.3) is 0 Å². The first kappa shape index (κ1) is 19.4. The Labute approximate surface area is 171 Å². The van der Waals surface area contributed by atoms with E-state index in [1.165, 1.54) is 4.90 Å². The van der Waals surface area contributed by atoms with Crippen LogP contribution >= 0.6 is 0 Å². The second kappa shape index (κ2) is 7.47. The van der Waals surface area contributed by atoms with Gasteiger partial charge >= 0.3 is 0 Å². The molecule has 2 fully saturated rings. The molecular formula is C24H26N2O3. The van der Waals surface area contributed by atoms with Gasteiger partial charge in [-0.15, -0.1) is 0 Å². The number of anilines is 2. The number of hydrogen-bond acceptors (Lipinski definition) is 3. The fourth-order valence-corrected chi connectivity index (χ4v) is 4.66. The Morgan fingerprint density at radius 3 is 2.21 bits per heavy atom. The van der Waals surface area contributed by atoms with Crippen molar-refractivity contribution in [2.24, 2.45) is 17.8 Å². The smallest absolute Gasteiger partial charge is 0.255 e. The van der Waals surface area contributed by atoms with Crippen LogP contribution in [0.5, 0.6) is 0 Å². The van der Waals surface area contributed by atoms with E-state index in [-0.39, 0.29) is 29.6 Å². The highest BCUT2D eigenvalue weighted by Crippen LogP contribution is 2.42. The molecule has 5 nitrogen and oxygen atoms in total. The maximum absolute atomic E-state index is 12.8. The number of amides is 3. The van der Waals surface area contributed by atoms with E-state index in [4.69, 9.17) is 0 Å². The minimum absolute atomic E-state index is 0.0978. The molecule has 2 aromatic carbocycles. The fraction of sp³-hybridized carbons (Fsp3) is 0.375. The van der Waals surface area contributed by atoms with Crippen LogP contribution in [0.1, 0.15) is 47.7 Å². The van der Waals surface area contributed by atoms with Gasteiger partial charge in [-0.1, -0.05) is 13.0 Å². The molecule has 2 aromatic rings. The molecule has 0 aromatic heterocycles. The third kappa shape index (κ3) is 3.69. The molecule has 2 aliphatic rings. The summed E-state index contributed by atoms with van der Waals surface area (Å²) in [6.45, 7) is 6.11. The van der Waals surface area contributed by atoms with Crippen LogP contribution in [0.2, 0.25) is 0 Å². The topological polar surface area (TPSA) is 66.5 Å². The number of fused-ring (bicyclic) bond motifs is 1. The van der Waals surface area contributed by atoms with Gasteiger partial charge in [0.1, 0.15) is 0 Å². The van der Waals surface area contributed by atoms with Crippen molar-refractivity contribution in [1.82, 2.24) is 0 Å². The zero-order valence-corrected chi connectivity index (χ0v) is 17.1. The summed E-state index contributed by atoms with van der Waals surface area (Å²) in [5.74, 6) is -0.323. The molecule has 1 saturated heterocycles. The lowest BCUT2D eigenvalue weighted by Gasteiger charge is -2.25. The largest absolute Gasteiger partial charge is 0.322 e. The van der Waals surface area contributed by atoms with Crippen LogP contribution in [0.3, 0.4) is 0 Å². The predicted octanol–water partition coefficient (Wildman–Crippen LogP) is 4.48. The summed E-state index contributed by atoms with van der Waals surface area (Å²) >= 11 is 0. The van der Waals surface area contributed by atoms with Crippen molar-refractivity contribution in [1.29, 1.82) is 0 Å². The minimum atomic E-state index is -0.219. The van der Waals surface area contributed by atoms with Crippen molar-refractivity contribution in [3.63, 3.8) is 0 Å². The first-order valence-corrected chi connectivity index (χ1v) is 10.2. The Balaban J connectivity index is 1.51. The summed E-state index contributed by atoms with van der Waals surface area (Å²) in [5.41, 5.74) is 3.94. The van der Waals surface area contributed by atoms with Crippen LogP contribution in [-0.4, -0.2) is 17.7 Å². The third-order valence-electron chi connectivity index (χ3n) is 6.05. The molecule has 1 aliphatic heterocycles. The Morgan fingerprint density at radius 2 is 1.55 bits per heavy atom. The lowest BCUT2D eigenvalue weighted by atomic mass is 9.76. The Hall–Kier alpha value is -2.95. The van der Waals surface area contributed by atoms with E-state index in [1.54, 1.807) is 24.3 Å². The van der Waals surface area contributed by atoms with Gasteiger partial charge in [-0.05, 0) is 86.6 Å². The Kier molecular flexibility index (Phi) is 4.99. The van der Waals surface area contributed by atoms with Gasteiger partial charge in [0.15, 0.2) is 0 Å². The van der Waals surface area contributed by atoms with Crippen LogP contribution < -0.4 is 10.2 Å². The molecule has 3 amide bonds. The summed E-state index contributed by atoms with van der Waals surface area (Å²) in [5, 5.41) is 2.91. The highest BCUT2D eigenvalue weighted by atomic mass is 16.2. The van der Waals surface area contributed by atoms with Crippen molar-refractivity contribution in [3.8, 4) is 0 Å². The normalized spacial score (nSPS) is 23.8. The minimum Gasteiger partial charge on any atom is -0.322 e. The van der Waals surface area contributed by atoms with Crippen molar-refractivity contribution >= 4 is 29.1 Å². The number of hydrogen-bond donors (Lipinski definition) is 1. The van der Waals surface area contributed by atoms with Gasteiger partial charge < -0.3 is 5.32 Å². The molecule has 0 unspecified atom stereocenters. The zero-order valence-electron chi connectivity index (χ0n) is 17.1. The fourth-order valence-electron chi connectivity index (χ4n) is 4.66.